The largest absolute Gasteiger partial charge is 0.481 e. The van der Waals surface area contributed by atoms with Crippen LogP contribution >= 0.6 is 0 Å². The monoisotopic (exact) mass is 323 g/mol. The molecule has 0 unspecified atom stereocenters. The number of ether oxygens (including phenoxy) is 2. The van der Waals surface area contributed by atoms with E-state index >= 15 is 0 Å². The molecule has 0 aromatic heterocycles. The zero-order chi connectivity index (χ0) is 17.5. The number of benzene rings is 1. The quantitative estimate of drug-likeness (QED) is 0.615. The van der Waals surface area contributed by atoms with Gasteiger partial charge in [0.05, 0.1) is 0 Å². The highest BCUT2D eigenvalue weighted by molar-refractivity contribution is 5.83. The number of amides is 1. The zero-order valence-corrected chi connectivity index (χ0v) is 13.4. The molecule has 0 fully saturated rings. The van der Waals surface area contributed by atoms with Crippen LogP contribution in [0.5, 0.6) is 5.75 Å². The molecule has 0 aliphatic carbocycles. The Morgan fingerprint density at radius 1 is 1.17 bits per heavy atom. The maximum absolute atomic E-state index is 12.1. The van der Waals surface area contributed by atoms with Crippen LogP contribution in [0.2, 0.25) is 0 Å². The molecule has 1 amide bonds. The number of carboxylic acid groups (broad SMARTS) is 1. The van der Waals surface area contributed by atoms with E-state index in [4.69, 9.17) is 14.6 Å². The molecular formula is C16H21NO6. The number of nitrogens with one attached hydrogen (secondary N) is 1. The van der Waals surface area contributed by atoms with Gasteiger partial charge in [-0.05, 0) is 39.3 Å². The van der Waals surface area contributed by atoms with Crippen molar-refractivity contribution in [3.8, 4) is 5.75 Å². The Morgan fingerprint density at radius 3 is 2.30 bits per heavy atom. The first-order valence-corrected chi connectivity index (χ1v) is 7.15. The Hall–Kier alpha value is -2.57. The Kier molecular flexibility index (Phi) is 6.56. The van der Waals surface area contributed by atoms with Gasteiger partial charge in [-0.2, -0.15) is 0 Å². The smallest absolute Gasteiger partial charge is 0.408 e. The van der Waals surface area contributed by atoms with Gasteiger partial charge in [0.25, 0.3) is 0 Å². The molecule has 7 heteroatoms. The van der Waals surface area contributed by atoms with Crippen LogP contribution in [0.15, 0.2) is 30.3 Å². The molecule has 2 N–H and O–H groups in total. The van der Waals surface area contributed by atoms with E-state index in [-0.39, 0.29) is 12.8 Å². The van der Waals surface area contributed by atoms with Gasteiger partial charge in [-0.25, -0.2) is 9.59 Å². The summed E-state index contributed by atoms with van der Waals surface area (Å²) in [6.45, 7) is 5.05. The van der Waals surface area contributed by atoms with Gasteiger partial charge in [-0.15, -0.1) is 0 Å². The molecule has 1 aromatic rings. The number of carbonyl (C=O) groups is 3. The SMILES string of the molecule is CC(C)(C)OC(=O)N[C@@H](CCC(=O)O)C(=O)Oc1ccccc1. The second kappa shape index (κ2) is 8.17. The number of para-hydroxylation sites is 1. The molecule has 126 valence electrons. The third-order valence-corrected chi connectivity index (χ3v) is 2.58. The van der Waals surface area contributed by atoms with E-state index in [9.17, 15) is 14.4 Å². The predicted octanol–water partition coefficient (Wildman–Crippen LogP) is 2.35. The molecule has 0 radical (unpaired) electrons. The molecule has 0 saturated carbocycles. The van der Waals surface area contributed by atoms with Crippen molar-refractivity contribution in [3.05, 3.63) is 30.3 Å². The molecule has 0 aliphatic heterocycles. The van der Waals surface area contributed by atoms with Crippen LogP contribution in [-0.4, -0.2) is 34.8 Å². The van der Waals surface area contributed by atoms with Crippen LogP contribution in [0.3, 0.4) is 0 Å². The average molecular weight is 323 g/mol. The van der Waals surface area contributed by atoms with Crippen LogP contribution in [-0.2, 0) is 14.3 Å². The Balaban J connectivity index is 2.72. The number of carboxylic acids is 1. The molecule has 1 rings (SSSR count). The molecule has 7 nitrogen and oxygen atoms in total. The number of esters is 1. The molecule has 0 saturated heterocycles. The Labute approximate surface area is 134 Å². The van der Waals surface area contributed by atoms with E-state index in [1.54, 1.807) is 51.1 Å². The van der Waals surface area contributed by atoms with Crippen molar-refractivity contribution in [2.24, 2.45) is 0 Å². The van der Waals surface area contributed by atoms with Crippen molar-refractivity contribution in [2.45, 2.75) is 45.3 Å². The van der Waals surface area contributed by atoms with Gasteiger partial charge < -0.3 is 19.9 Å². The van der Waals surface area contributed by atoms with Gasteiger partial charge in [0.2, 0.25) is 0 Å². The van der Waals surface area contributed by atoms with Crippen molar-refractivity contribution in [2.75, 3.05) is 0 Å². The van der Waals surface area contributed by atoms with Crippen molar-refractivity contribution >= 4 is 18.0 Å². The molecule has 0 bridgehead atoms. The van der Waals surface area contributed by atoms with E-state index in [1.807, 2.05) is 0 Å². The molecule has 1 aromatic carbocycles. The van der Waals surface area contributed by atoms with E-state index in [2.05, 4.69) is 5.32 Å². The fourth-order valence-electron chi connectivity index (χ4n) is 1.64. The van der Waals surface area contributed by atoms with Crippen LogP contribution in [0.1, 0.15) is 33.6 Å². The minimum atomic E-state index is -1.11. The third-order valence-electron chi connectivity index (χ3n) is 2.58. The van der Waals surface area contributed by atoms with E-state index in [1.165, 1.54) is 0 Å². The lowest BCUT2D eigenvalue weighted by molar-refractivity contribution is -0.139. The molecule has 23 heavy (non-hydrogen) atoms. The number of hydrogen-bond acceptors (Lipinski definition) is 5. The molecule has 1 atom stereocenters. The van der Waals surface area contributed by atoms with Crippen molar-refractivity contribution in [1.82, 2.24) is 5.32 Å². The highest BCUT2D eigenvalue weighted by Crippen LogP contribution is 2.12. The highest BCUT2D eigenvalue weighted by atomic mass is 16.6. The summed E-state index contributed by atoms with van der Waals surface area (Å²) in [6, 6.07) is 7.20. The topological polar surface area (TPSA) is 102 Å². The van der Waals surface area contributed by atoms with Crippen molar-refractivity contribution in [1.29, 1.82) is 0 Å². The van der Waals surface area contributed by atoms with Gasteiger partial charge in [0.1, 0.15) is 17.4 Å². The third kappa shape index (κ3) is 7.85. The molecular weight excluding hydrogens is 302 g/mol. The van der Waals surface area contributed by atoms with Gasteiger partial charge in [-0.1, -0.05) is 18.2 Å². The first kappa shape index (κ1) is 18.5. The fraction of sp³-hybridized carbons (Fsp3) is 0.438. The van der Waals surface area contributed by atoms with Crippen LogP contribution < -0.4 is 10.1 Å². The van der Waals surface area contributed by atoms with E-state index < -0.39 is 29.7 Å². The number of rotatable bonds is 6. The Morgan fingerprint density at radius 2 is 1.78 bits per heavy atom. The van der Waals surface area contributed by atoms with Crippen molar-refractivity contribution in [3.63, 3.8) is 0 Å². The lowest BCUT2D eigenvalue weighted by atomic mass is 10.1. The van der Waals surface area contributed by atoms with Crippen LogP contribution in [0.25, 0.3) is 0 Å². The van der Waals surface area contributed by atoms with Crippen LogP contribution in [0, 0.1) is 0 Å². The first-order valence-electron chi connectivity index (χ1n) is 7.15. The minimum Gasteiger partial charge on any atom is -0.481 e. The summed E-state index contributed by atoms with van der Waals surface area (Å²) >= 11 is 0. The summed E-state index contributed by atoms with van der Waals surface area (Å²) in [5.74, 6) is -1.51. The summed E-state index contributed by atoms with van der Waals surface area (Å²) in [6.07, 6.45) is -1.19. The van der Waals surface area contributed by atoms with Gasteiger partial charge in [0, 0.05) is 6.42 Å². The van der Waals surface area contributed by atoms with Crippen LogP contribution in [0.4, 0.5) is 4.79 Å². The number of hydrogen-bond donors (Lipinski definition) is 2. The first-order chi connectivity index (χ1) is 10.7. The normalized spacial score (nSPS) is 12.1. The maximum Gasteiger partial charge on any atom is 0.408 e. The Bertz CT molecular complexity index is 549. The second-order valence-electron chi connectivity index (χ2n) is 5.87. The number of alkyl carbamates (subject to hydrolysis) is 1. The summed E-state index contributed by atoms with van der Waals surface area (Å²) in [7, 11) is 0. The predicted molar refractivity (Wildman–Crippen MR) is 82.1 cm³/mol. The fourth-order valence-corrected chi connectivity index (χ4v) is 1.64. The number of carbonyl (C=O) groups excluding carboxylic acids is 2. The lowest BCUT2D eigenvalue weighted by Crippen LogP contribution is -2.45. The van der Waals surface area contributed by atoms with Gasteiger partial charge >= 0.3 is 18.0 Å². The highest BCUT2D eigenvalue weighted by Gasteiger charge is 2.26. The standard InChI is InChI=1S/C16H21NO6/c1-16(2,3)23-15(21)17-12(9-10-13(18)19)14(20)22-11-7-5-4-6-8-11/h4-8,12H,9-10H2,1-3H3,(H,17,21)(H,18,19)/t12-/m0/s1. The minimum absolute atomic E-state index is 0.0970. The zero-order valence-electron chi connectivity index (χ0n) is 13.4. The summed E-state index contributed by atoms with van der Waals surface area (Å²) in [5, 5.41) is 11.1. The van der Waals surface area contributed by atoms with E-state index in [0.717, 1.165) is 0 Å². The summed E-state index contributed by atoms with van der Waals surface area (Å²) in [4.78, 5) is 34.6. The summed E-state index contributed by atoms with van der Waals surface area (Å²) in [5.41, 5.74) is -0.731. The second-order valence-corrected chi connectivity index (χ2v) is 5.87. The average Bonchev–Trinajstić information content (AvgIpc) is 2.42. The van der Waals surface area contributed by atoms with Gasteiger partial charge in [0.15, 0.2) is 0 Å². The van der Waals surface area contributed by atoms with E-state index in [0.29, 0.717) is 5.75 Å². The molecule has 0 heterocycles. The number of aliphatic carboxylic acids is 1. The molecule has 0 spiro atoms. The molecule has 0 aliphatic rings. The lowest BCUT2D eigenvalue weighted by Gasteiger charge is -2.22. The van der Waals surface area contributed by atoms with Gasteiger partial charge in [-0.3, -0.25) is 4.79 Å². The maximum atomic E-state index is 12.1. The summed E-state index contributed by atoms with van der Waals surface area (Å²) < 4.78 is 10.2. The van der Waals surface area contributed by atoms with Crippen molar-refractivity contribution < 1.29 is 29.0 Å².